The van der Waals surface area contributed by atoms with Crippen molar-refractivity contribution in [1.82, 2.24) is 15.3 Å². The Kier molecular flexibility index (Phi) is 3.97. The molecule has 1 amide bonds. The zero-order chi connectivity index (χ0) is 15.6. The van der Waals surface area contributed by atoms with E-state index in [1.54, 1.807) is 6.92 Å². The van der Waals surface area contributed by atoms with E-state index in [2.05, 4.69) is 15.3 Å². The van der Waals surface area contributed by atoms with Gasteiger partial charge in [0, 0.05) is 29.3 Å². The number of oxazole rings is 1. The minimum atomic E-state index is -0.513. The van der Waals surface area contributed by atoms with Crippen molar-refractivity contribution < 1.29 is 9.21 Å². The van der Waals surface area contributed by atoms with Gasteiger partial charge in [0.25, 0.3) is 0 Å². The van der Waals surface area contributed by atoms with Gasteiger partial charge >= 0.3 is 0 Å². The first-order valence-electron chi connectivity index (χ1n) is 6.70. The number of nitrogens with zero attached hydrogens (tertiary/aromatic N) is 1. The minimum absolute atomic E-state index is 0.124. The number of carbonyl (C=O) groups excluding carboxylic acids is 1. The van der Waals surface area contributed by atoms with E-state index in [0.717, 1.165) is 0 Å². The van der Waals surface area contributed by atoms with Gasteiger partial charge in [-0.05, 0) is 6.92 Å². The van der Waals surface area contributed by atoms with E-state index in [-0.39, 0.29) is 17.9 Å². The smallest absolute Gasteiger partial charge is 0.243 e. The van der Waals surface area contributed by atoms with Gasteiger partial charge < -0.3 is 14.7 Å². The first kappa shape index (κ1) is 15.0. The average molecular weight is 289 g/mol. The fourth-order valence-corrected chi connectivity index (χ4v) is 1.85. The number of nitrogens with one attached hydrogen (secondary N) is 2. The summed E-state index contributed by atoms with van der Waals surface area (Å²) >= 11 is 0. The Morgan fingerprint density at radius 3 is 2.71 bits per heavy atom. The number of carbonyl (C=O) groups is 1. The highest BCUT2D eigenvalue weighted by molar-refractivity contribution is 5.81. The molecule has 0 radical (unpaired) electrons. The Balaban J connectivity index is 2.35. The molecule has 6 nitrogen and oxygen atoms in total. The lowest BCUT2D eigenvalue weighted by Crippen LogP contribution is -2.35. The third-order valence-corrected chi connectivity index (χ3v) is 3.02. The van der Waals surface area contributed by atoms with Crippen molar-refractivity contribution in [1.29, 1.82) is 0 Å². The zero-order valence-electron chi connectivity index (χ0n) is 12.6. The summed E-state index contributed by atoms with van der Waals surface area (Å²) in [5, 5.41) is 2.77. The summed E-state index contributed by atoms with van der Waals surface area (Å²) < 4.78 is 5.25. The van der Waals surface area contributed by atoms with Crippen LogP contribution >= 0.6 is 0 Å². The Labute approximate surface area is 122 Å². The fourth-order valence-electron chi connectivity index (χ4n) is 1.85. The number of H-pyrrole nitrogens is 1. The maximum absolute atomic E-state index is 12.2. The maximum Gasteiger partial charge on any atom is 0.243 e. The quantitative estimate of drug-likeness (QED) is 0.904. The number of aromatic nitrogens is 2. The van der Waals surface area contributed by atoms with E-state index in [0.29, 0.717) is 22.8 Å². The van der Waals surface area contributed by atoms with E-state index in [1.807, 2.05) is 20.8 Å². The fraction of sp³-hybridized carbons (Fsp3) is 0.400. The van der Waals surface area contributed by atoms with Gasteiger partial charge in [-0.1, -0.05) is 20.8 Å². The third-order valence-electron chi connectivity index (χ3n) is 3.02. The second kappa shape index (κ2) is 5.55. The molecule has 0 aliphatic heterocycles. The van der Waals surface area contributed by atoms with Crippen LogP contribution in [-0.4, -0.2) is 15.9 Å². The molecule has 0 aliphatic rings. The van der Waals surface area contributed by atoms with Crippen molar-refractivity contribution in [2.75, 3.05) is 0 Å². The van der Waals surface area contributed by atoms with Gasteiger partial charge in [0.1, 0.15) is 12.0 Å². The molecule has 0 unspecified atom stereocenters. The summed E-state index contributed by atoms with van der Waals surface area (Å²) in [5.41, 5.74) is 0.966. The molecule has 112 valence electrons. The van der Waals surface area contributed by atoms with Crippen molar-refractivity contribution in [2.24, 2.45) is 5.41 Å². The molecule has 0 aliphatic carbocycles. The molecule has 2 heterocycles. The molecule has 0 bridgehead atoms. The lowest BCUT2D eigenvalue weighted by Gasteiger charge is -2.18. The van der Waals surface area contributed by atoms with E-state index < -0.39 is 5.41 Å². The largest absolute Gasteiger partial charge is 0.443 e. The molecule has 0 atom stereocenters. The SMILES string of the molecule is Cc1cc(=O)c(CNC(=O)C(C)(C)C)c(-c2ncco2)[nH]1. The van der Waals surface area contributed by atoms with Crippen molar-refractivity contribution in [3.8, 4) is 11.6 Å². The van der Waals surface area contributed by atoms with Gasteiger partial charge in [0.2, 0.25) is 11.8 Å². The number of hydrogen-bond acceptors (Lipinski definition) is 4. The Morgan fingerprint density at radius 1 is 1.43 bits per heavy atom. The summed E-state index contributed by atoms with van der Waals surface area (Å²) in [6, 6.07) is 1.49. The minimum Gasteiger partial charge on any atom is -0.443 e. The van der Waals surface area contributed by atoms with Gasteiger partial charge in [-0.3, -0.25) is 9.59 Å². The van der Waals surface area contributed by atoms with Crippen molar-refractivity contribution in [2.45, 2.75) is 34.2 Å². The molecule has 0 fully saturated rings. The maximum atomic E-state index is 12.2. The summed E-state index contributed by atoms with van der Waals surface area (Å²) in [4.78, 5) is 31.3. The second-order valence-corrected chi connectivity index (χ2v) is 5.94. The van der Waals surface area contributed by atoms with E-state index in [1.165, 1.54) is 18.5 Å². The average Bonchev–Trinajstić information content (AvgIpc) is 2.89. The summed E-state index contributed by atoms with van der Waals surface area (Å²) in [6.07, 6.45) is 2.95. The topological polar surface area (TPSA) is 88.0 Å². The van der Waals surface area contributed by atoms with Crippen LogP contribution < -0.4 is 10.7 Å². The van der Waals surface area contributed by atoms with Crippen LogP contribution in [0, 0.1) is 12.3 Å². The molecule has 0 saturated heterocycles. The van der Waals surface area contributed by atoms with Crippen molar-refractivity contribution >= 4 is 5.91 Å². The van der Waals surface area contributed by atoms with Crippen LogP contribution in [-0.2, 0) is 11.3 Å². The van der Waals surface area contributed by atoms with Gasteiger partial charge in [0.05, 0.1) is 6.20 Å². The van der Waals surface area contributed by atoms with Crippen LogP contribution in [0.3, 0.4) is 0 Å². The number of amides is 1. The second-order valence-electron chi connectivity index (χ2n) is 5.94. The van der Waals surface area contributed by atoms with Crippen LogP contribution in [0.15, 0.2) is 27.7 Å². The number of hydrogen-bond donors (Lipinski definition) is 2. The van der Waals surface area contributed by atoms with E-state index >= 15 is 0 Å². The predicted octanol–water partition coefficient (Wildman–Crippen LogP) is 2.00. The summed E-state index contributed by atoms with van der Waals surface area (Å²) in [5.74, 6) is 0.205. The molecular formula is C15H19N3O3. The molecule has 0 aromatic carbocycles. The first-order valence-corrected chi connectivity index (χ1v) is 6.70. The summed E-state index contributed by atoms with van der Waals surface area (Å²) in [7, 11) is 0. The molecule has 2 aromatic rings. The normalized spacial score (nSPS) is 11.4. The zero-order valence-corrected chi connectivity index (χ0v) is 12.6. The first-order chi connectivity index (χ1) is 9.79. The lowest BCUT2D eigenvalue weighted by molar-refractivity contribution is -0.128. The Hall–Kier alpha value is -2.37. The number of rotatable bonds is 3. The molecule has 0 saturated carbocycles. The molecule has 2 N–H and O–H groups in total. The molecule has 21 heavy (non-hydrogen) atoms. The van der Waals surface area contributed by atoms with Crippen molar-refractivity contribution in [3.05, 3.63) is 40.0 Å². The van der Waals surface area contributed by atoms with Crippen molar-refractivity contribution in [3.63, 3.8) is 0 Å². The van der Waals surface area contributed by atoms with Crippen LogP contribution in [0.25, 0.3) is 11.6 Å². The lowest BCUT2D eigenvalue weighted by atomic mass is 9.95. The highest BCUT2D eigenvalue weighted by Gasteiger charge is 2.22. The number of aromatic amines is 1. The molecular weight excluding hydrogens is 270 g/mol. The molecule has 2 rings (SSSR count). The Bertz CT molecular complexity index is 694. The highest BCUT2D eigenvalue weighted by Crippen LogP contribution is 2.18. The number of aryl methyl sites for hydroxylation is 1. The third kappa shape index (κ3) is 3.39. The van der Waals surface area contributed by atoms with Crippen LogP contribution in [0.1, 0.15) is 32.0 Å². The van der Waals surface area contributed by atoms with E-state index in [9.17, 15) is 9.59 Å². The predicted molar refractivity (Wildman–Crippen MR) is 78.6 cm³/mol. The monoisotopic (exact) mass is 289 g/mol. The van der Waals surface area contributed by atoms with E-state index in [4.69, 9.17) is 4.42 Å². The van der Waals surface area contributed by atoms with Gasteiger partial charge in [-0.15, -0.1) is 0 Å². The van der Waals surface area contributed by atoms with Crippen LogP contribution in [0.5, 0.6) is 0 Å². The highest BCUT2D eigenvalue weighted by atomic mass is 16.3. The molecule has 6 heteroatoms. The van der Waals surface area contributed by atoms with Crippen LogP contribution in [0.4, 0.5) is 0 Å². The Morgan fingerprint density at radius 2 is 2.14 bits per heavy atom. The standard InChI is InChI=1S/C15H19N3O3/c1-9-7-11(19)10(8-17-14(20)15(2,3)4)12(18-9)13-16-5-6-21-13/h5-7H,8H2,1-4H3,(H,17,20)(H,18,19). The van der Waals surface area contributed by atoms with Gasteiger partial charge in [-0.25, -0.2) is 4.98 Å². The summed E-state index contributed by atoms with van der Waals surface area (Å²) in [6.45, 7) is 7.36. The van der Waals surface area contributed by atoms with Gasteiger partial charge in [-0.2, -0.15) is 0 Å². The molecule has 2 aromatic heterocycles. The van der Waals surface area contributed by atoms with Gasteiger partial charge in [0.15, 0.2) is 5.43 Å². The number of pyridine rings is 1. The molecule has 0 spiro atoms. The van der Waals surface area contributed by atoms with Crippen LogP contribution in [0.2, 0.25) is 0 Å².